The highest BCUT2D eigenvalue weighted by Crippen LogP contribution is 2.41. The summed E-state index contributed by atoms with van der Waals surface area (Å²) in [4.78, 5) is 42.5. The standard InChI is InChI=1S/C25H29FN6O3S/c1-4-35-23(33)18-11-29-21(22-27-6-8-36-22)30-19(18)14-31-7-5-25(26)17(12-31)13-32(24(25)34)20-9-15(2)16(3)10-28-20/h6,8-10,17H,4-5,7,11-14H2,1-3H3,(H,29,30). The summed E-state index contributed by atoms with van der Waals surface area (Å²) < 4.78 is 21.2. The van der Waals surface area contributed by atoms with Crippen molar-refractivity contribution in [2.45, 2.75) is 32.9 Å². The van der Waals surface area contributed by atoms with Gasteiger partial charge in [0.1, 0.15) is 5.82 Å². The molecule has 3 aliphatic heterocycles. The predicted molar refractivity (Wildman–Crippen MR) is 135 cm³/mol. The van der Waals surface area contributed by atoms with Crippen molar-refractivity contribution in [3.05, 3.63) is 51.2 Å². The molecule has 0 spiro atoms. The van der Waals surface area contributed by atoms with Crippen molar-refractivity contribution in [2.75, 3.05) is 44.2 Å². The average molecular weight is 513 g/mol. The summed E-state index contributed by atoms with van der Waals surface area (Å²) in [6, 6.07) is 1.84. The first-order valence-electron chi connectivity index (χ1n) is 12.1. The van der Waals surface area contributed by atoms with Gasteiger partial charge in [-0.05, 0) is 38.0 Å². The molecular weight excluding hydrogens is 483 g/mol. The summed E-state index contributed by atoms with van der Waals surface area (Å²) in [5.41, 5.74) is 1.25. The van der Waals surface area contributed by atoms with Gasteiger partial charge in [-0.2, -0.15) is 0 Å². The molecule has 2 unspecified atom stereocenters. The number of carbonyl (C=O) groups is 2. The van der Waals surface area contributed by atoms with Crippen LogP contribution in [0.2, 0.25) is 0 Å². The van der Waals surface area contributed by atoms with Crippen molar-refractivity contribution in [3.63, 3.8) is 0 Å². The minimum absolute atomic E-state index is 0.0906. The number of halogens is 1. The number of likely N-dealkylation sites (tertiary alicyclic amines) is 1. The Kier molecular flexibility index (Phi) is 6.60. The second-order valence-electron chi connectivity index (χ2n) is 9.39. The zero-order valence-corrected chi connectivity index (χ0v) is 21.4. The number of ether oxygens (including phenoxy) is 1. The number of aryl methyl sites for hydroxylation is 2. The number of rotatable bonds is 6. The molecule has 36 heavy (non-hydrogen) atoms. The lowest BCUT2D eigenvalue weighted by molar-refractivity contribution is -0.138. The normalized spacial score (nSPS) is 24.4. The van der Waals surface area contributed by atoms with Gasteiger partial charge in [0.05, 0.1) is 18.7 Å². The predicted octanol–water partition coefficient (Wildman–Crippen LogP) is 2.40. The molecule has 3 aliphatic rings. The molecule has 190 valence electrons. The minimum Gasteiger partial charge on any atom is -0.463 e. The summed E-state index contributed by atoms with van der Waals surface area (Å²) in [6.45, 7) is 7.55. The molecule has 2 aromatic rings. The van der Waals surface area contributed by atoms with Gasteiger partial charge in [0.25, 0.3) is 5.91 Å². The topological polar surface area (TPSA) is 100 Å². The number of carbonyl (C=O) groups excluding carboxylic acids is 2. The fraction of sp³-hybridized carbons (Fsp3) is 0.480. The molecule has 0 bridgehead atoms. The number of aromatic nitrogens is 2. The maximum absolute atomic E-state index is 16.0. The maximum Gasteiger partial charge on any atom is 0.337 e. The number of thiazole rings is 1. The number of amides is 1. The Hall–Kier alpha value is -3.18. The number of hydrogen-bond acceptors (Lipinski definition) is 9. The molecule has 2 aromatic heterocycles. The maximum atomic E-state index is 16.0. The molecule has 1 N–H and O–H groups in total. The number of hydrogen-bond donors (Lipinski definition) is 1. The minimum atomic E-state index is -1.91. The van der Waals surface area contributed by atoms with Crippen molar-refractivity contribution < 1.29 is 18.7 Å². The molecule has 1 amide bonds. The zero-order valence-electron chi connectivity index (χ0n) is 20.6. The number of esters is 1. The second-order valence-corrected chi connectivity index (χ2v) is 10.3. The highest BCUT2D eigenvalue weighted by molar-refractivity contribution is 7.11. The lowest BCUT2D eigenvalue weighted by Gasteiger charge is -2.37. The highest BCUT2D eigenvalue weighted by Gasteiger charge is 2.57. The number of aliphatic imine (C=N–C) groups is 1. The Balaban J connectivity index is 1.34. The lowest BCUT2D eigenvalue weighted by atomic mass is 9.85. The van der Waals surface area contributed by atoms with Gasteiger partial charge in [0, 0.05) is 62.0 Å². The molecule has 2 fully saturated rings. The molecule has 0 radical (unpaired) electrons. The van der Waals surface area contributed by atoms with Crippen LogP contribution in [0.5, 0.6) is 0 Å². The van der Waals surface area contributed by atoms with Crippen molar-refractivity contribution in [1.29, 1.82) is 0 Å². The first-order chi connectivity index (χ1) is 17.3. The summed E-state index contributed by atoms with van der Waals surface area (Å²) in [6.07, 6.45) is 3.51. The van der Waals surface area contributed by atoms with Gasteiger partial charge < -0.3 is 10.1 Å². The van der Waals surface area contributed by atoms with Crippen LogP contribution in [-0.4, -0.2) is 77.6 Å². The number of alkyl halides is 1. The van der Waals surface area contributed by atoms with E-state index in [4.69, 9.17) is 4.74 Å². The Labute approximate surface area is 213 Å². The van der Waals surface area contributed by atoms with E-state index in [9.17, 15) is 9.59 Å². The summed E-state index contributed by atoms with van der Waals surface area (Å²) in [7, 11) is 0. The first-order valence-corrected chi connectivity index (χ1v) is 12.9. The third-order valence-electron chi connectivity index (χ3n) is 7.12. The molecule has 0 aliphatic carbocycles. The third-order valence-corrected chi connectivity index (χ3v) is 7.90. The number of nitrogens with zero attached hydrogens (tertiary/aromatic N) is 5. The van der Waals surface area contributed by atoms with E-state index in [0.717, 1.165) is 16.1 Å². The number of anilines is 1. The largest absolute Gasteiger partial charge is 0.463 e. The van der Waals surface area contributed by atoms with Crippen molar-refractivity contribution in [1.82, 2.24) is 20.2 Å². The van der Waals surface area contributed by atoms with E-state index in [-0.39, 0.29) is 26.1 Å². The van der Waals surface area contributed by atoms with Gasteiger partial charge in [-0.3, -0.25) is 19.6 Å². The van der Waals surface area contributed by atoms with Gasteiger partial charge in [0.2, 0.25) is 0 Å². The smallest absolute Gasteiger partial charge is 0.337 e. The number of amidine groups is 1. The van der Waals surface area contributed by atoms with E-state index in [2.05, 4.69) is 25.2 Å². The van der Waals surface area contributed by atoms with Crippen LogP contribution in [0.1, 0.15) is 29.5 Å². The Morgan fingerprint density at radius 2 is 2.14 bits per heavy atom. The van der Waals surface area contributed by atoms with Crippen LogP contribution in [0.15, 0.2) is 40.1 Å². The highest BCUT2D eigenvalue weighted by atomic mass is 32.1. The Morgan fingerprint density at radius 3 is 2.86 bits per heavy atom. The number of pyridine rings is 1. The van der Waals surface area contributed by atoms with Gasteiger partial charge in [-0.15, -0.1) is 11.3 Å². The fourth-order valence-electron chi connectivity index (χ4n) is 4.92. The quantitative estimate of drug-likeness (QED) is 0.594. The van der Waals surface area contributed by atoms with E-state index in [1.807, 2.05) is 25.3 Å². The molecule has 0 saturated carbocycles. The second kappa shape index (κ2) is 9.70. The van der Waals surface area contributed by atoms with Crippen LogP contribution in [0, 0.1) is 19.8 Å². The number of nitrogens with one attached hydrogen (secondary N) is 1. The van der Waals surface area contributed by atoms with Crippen LogP contribution in [-0.2, 0) is 14.3 Å². The molecule has 2 atom stereocenters. The Bertz CT molecular complexity index is 1250. The van der Waals surface area contributed by atoms with Gasteiger partial charge in [-0.1, -0.05) is 0 Å². The van der Waals surface area contributed by atoms with Crippen LogP contribution < -0.4 is 10.2 Å². The lowest BCUT2D eigenvalue weighted by Crippen LogP contribution is -2.52. The van der Waals surface area contributed by atoms with Gasteiger partial charge in [0.15, 0.2) is 16.5 Å². The van der Waals surface area contributed by atoms with E-state index < -0.39 is 23.5 Å². The molecule has 9 nitrogen and oxygen atoms in total. The van der Waals surface area contributed by atoms with E-state index in [1.165, 1.54) is 16.2 Å². The van der Waals surface area contributed by atoms with Crippen LogP contribution in [0.4, 0.5) is 10.2 Å². The van der Waals surface area contributed by atoms with E-state index >= 15 is 4.39 Å². The third kappa shape index (κ3) is 4.41. The fourth-order valence-corrected chi connectivity index (χ4v) is 5.52. The van der Waals surface area contributed by atoms with Crippen LogP contribution >= 0.6 is 11.3 Å². The molecule has 0 aromatic carbocycles. The van der Waals surface area contributed by atoms with Gasteiger partial charge >= 0.3 is 5.97 Å². The van der Waals surface area contributed by atoms with Crippen molar-refractivity contribution >= 4 is 34.9 Å². The Morgan fingerprint density at radius 1 is 1.31 bits per heavy atom. The van der Waals surface area contributed by atoms with Crippen molar-refractivity contribution in [3.8, 4) is 0 Å². The molecular formula is C25H29FN6O3S. The molecule has 5 rings (SSSR count). The summed E-state index contributed by atoms with van der Waals surface area (Å²) in [5.74, 6) is -0.325. The summed E-state index contributed by atoms with van der Waals surface area (Å²) >= 11 is 1.45. The monoisotopic (exact) mass is 512 g/mol. The van der Waals surface area contributed by atoms with E-state index in [0.29, 0.717) is 42.6 Å². The first kappa shape index (κ1) is 24.5. The average Bonchev–Trinajstić information content (AvgIpc) is 3.49. The SMILES string of the molecule is CCOC(=O)C1=C(CN2CCC3(F)C(=O)N(c4cc(C)c(C)cn4)CC3C2)NC(c2nccs2)=NC1. The molecule has 2 saturated heterocycles. The van der Waals surface area contributed by atoms with Crippen LogP contribution in [0.3, 0.4) is 0 Å². The van der Waals surface area contributed by atoms with Gasteiger partial charge in [-0.25, -0.2) is 19.2 Å². The number of fused-ring (bicyclic) bond motifs is 1. The summed E-state index contributed by atoms with van der Waals surface area (Å²) in [5, 5.41) is 5.87. The molecule has 11 heteroatoms. The van der Waals surface area contributed by atoms with E-state index in [1.54, 1.807) is 19.3 Å². The van der Waals surface area contributed by atoms with Crippen molar-refractivity contribution in [2.24, 2.45) is 10.9 Å². The zero-order chi connectivity index (χ0) is 25.4. The van der Waals surface area contributed by atoms with Crippen LogP contribution in [0.25, 0.3) is 0 Å². The molecule has 5 heterocycles. The number of piperidine rings is 1.